The molecule has 160 valence electrons. The molecule has 3 rings (SSSR count). The van der Waals surface area contributed by atoms with Crippen molar-refractivity contribution < 1.29 is 32.4 Å². The number of amides is 1. The van der Waals surface area contributed by atoms with Crippen molar-refractivity contribution in [3.05, 3.63) is 69.8 Å². The van der Waals surface area contributed by atoms with E-state index < -0.39 is 11.3 Å². The summed E-state index contributed by atoms with van der Waals surface area (Å²) in [6.45, 7) is 0.943. The highest BCUT2D eigenvalue weighted by Gasteiger charge is 2.31. The lowest BCUT2D eigenvalue weighted by molar-refractivity contribution is -0.384. The Balaban J connectivity index is 1.57. The van der Waals surface area contributed by atoms with Crippen LogP contribution in [0.4, 0.5) is 18.9 Å². The summed E-state index contributed by atoms with van der Waals surface area (Å²) in [5, 5.41) is 10.7. The molecule has 1 saturated heterocycles. The summed E-state index contributed by atoms with van der Waals surface area (Å²) in [7, 11) is 0. The Kier molecular flexibility index (Phi) is 6.56. The largest absolute Gasteiger partial charge is 0.573 e. The van der Waals surface area contributed by atoms with E-state index in [9.17, 15) is 28.1 Å². The van der Waals surface area contributed by atoms with Crippen molar-refractivity contribution in [3.8, 4) is 5.75 Å². The molecule has 1 fully saturated rings. The van der Waals surface area contributed by atoms with Crippen LogP contribution < -0.4 is 4.74 Å². The normalized spacial score (nSPS) is 16.9. The highest BCUT2D eigenvalue weighted by Crippen LogP contribution is 2.24. The van der Waals surface area contributed by atoms with Crippen molar-refractivity contribution in [2.75, 3.05) is 13.1 Å². The number of carbonyl (C=O) groups excluding carboxylic acids is 1. The van der Waals surface area contributed by atoms with E-state index in [2.05, 4.69) is 4.74 Å². The topological polar surface area (TPSA) is 81.9 Å². The monoisotopic (exact) mass is 424 g/mol. The minimum Gasteiger partial charge on any atom is -0.406 e. The summed E-state index contributed by atoms with van der Waals surface area (Å²) in [6.07, 6.45) is -3.61. The van der Waals surface area contributed by atoms with Gasteiger partial charge in [-0.1, -0.05) is 12.1 Å². The first-order chi connectivity index (χ1) is 14.2. The number of non-ortho nitro benzene ring substituents is 1. The Morgan fingerprint density at radius 3 is 2.60 bits per heavy atom. The van der Waals surface area contributed by atoms with Crippen LogP contribution in [0.3, 0.4) is 0 Å². The van der Waals surface area contributed by atoms with Crippen molar-refractivity contribution >= 4 is 11.6 Å². The third kappa shape index (κ3) is 5.93. The molecule has 0 unspecified atom stereocenters. The number of piperidine rings is 1. The van der Waals surface area contributed by atoms with Crippen LogP contribution in [0, 0.1) is 10.1 Å². The van der Waals surface area contributed by atoms with E-state index in [1.807, 2.05) is 0 Å². The van der Waals surface area contributed by atoms with Gasteiger partial charge in [0.05, 0.1) is 17.6 Å². The van der Waals surface area contributed by atoms with E-state index in [-0.39, 0.29) is 30.1 Å². The second kappa shape index (κ2) is 9.12. The molecule has 1 aliphatic rings. The van der Waals surface area contributed by atoms with Gasteiger partial charge in [0.25, 0.3) is 11.6 Å². The van der Waals surface area contributed by atoms with Gasteiger partial charge in [-0.2, -0.15) is 0 Å². The molecule has 0 bridgehead atoms. The number of likely N-dealkylation sites (tertiary alicyclic amines) is 1. The molecular formula is C20H19F3N2O5. The van der Waals surface area contributed by atoms with Crippen LogP contribution in [0.1, 0.15) is 28.8 Å². The number of alkyl halides is 3. The van der Waals surface area contributed by atoms with Gasteiger partial charge in [0, 0.05) is 30.8 Å². The molecular weight excluding hydrogens is 405 g/mol. The third-order valence-corrected chi connectivity index (χ3v) is 4.61. The molecule has 0 spiro atoms. The first kappa shape index (κ1) is 21.6. The minimum absolute atomic E-state index is 0.0826. The van der Waals surface area contributed by atoms with E-state index >= 15 is 0 Å². The Hall–Kier alpha value is -3.14. The van der Waals surface area contributed by atoms with Crippen molar-refractivity contribution in [1.29, 1.82) is 0 Å². The summed E-state index contributed by atoms with van der Waals surface area (Å²) >= 11 is 0. The summed E-state index contributed by atoms with van der Waals surface area (Å²) < 4.78 is 46.7. The molecule has 1 atom stereocenters. The molecule has 10 heteroatoms. The summed E-state index contributed by atoms with van der Waals surface area (Å²) in [4.78, 5) is 24.5. The average molecular weight is 424 g/mol. The van der Waals surface area contributed by atoms with E-state index in [1.54, 1.807) is 11.0 Å². The van der Waals surface area contributed by atoms with E-state index in [0.29, 0.717) is 37.1 Å². The highest BCUT2D eigenvalue weighted by molar-refractivity contribution is 5.94. The third-order valence-electron chi connectivity index (χ3n) is 4.61. The molecule has 0 aliphatic carbocycles. The number of ether oxygens (including phenoxy) is 2. The molecule has 7 nitrogen and oxygen atoms in total. The van der Waals surface area contributed by atoms with Gasteiger partial charge in [-0.25, -0.2) is 0 Å². The van der Waals surface area contributed by atoms with Gasteiger partial charge in [0.2, 0.25) is 0 Å². The predicted octanol–water partition coefficient (Wildman–Crippen LogP) is 4.31. The SMILES string of the molecule is O=C(c1ccc([N+](=O)[O-])cc1)N1CCC[C@H](OCc2cccc(OC(F)(F)F)c2)C1. The van der Waals surface area contributed by atoms with Crippen LogP contribution >= 0.6 is 0 Å². The van der Waals surface area contributed by atoms with Crippen molar-refractivity contribution in [3.63, 3.8) is 0 Å². The van der Waals surface area contributed by atoms with Crippen LogP contribution in [0.25, 0.3) is 0 Å². The van der Waals surface area contributed by atoms with Crippen LogP contribution in [0.2, 0.25) is 0 Å². The van der Waals surface area contributed by atoms with Crippen molar-refractivity contribution in [2.45, 2.75) is 31.9 Å². The van der Waals surface area contributed by atoms with Gasteiger partial charge in [0.15, 0.2) is 0 Å². The van der Waals surface area contributed by atoms with Gasteiger partial charge >= 0.3 is 6.36 Å². The Bertz CT molecular complexity index is 902. The minimum atomic E-state index is -4.76. The second-order valence-electron chi connectivity index (χ2n) is 6.83. The average Bonchev–Trinajstić information content (AvgIpc) is 2.71. The molecule has 0 N–H and O–H groups in total. The number of halogens is 3. The number of nitrogens with zero attached hydrogens (tertiary/aromatic N) is 2. The van der Waals surface area contributed by atoms with Crippen LogP contribution in [0.15, 0.2) is 48.5 Å². The van der Waals surface area contributed by atoms with Gasteiger partial charge in [-0.3, -0.25) is 14.9 Å². The first-order valence-corrected chi connectivity index (χ1v) is 9.21. The summed E-state index contributed by atoms with van der Waals surface area (Å²) in [5.74, 6) is -0.569. The maximum Gasteiger partial charge on any atom is 0.573 e. The Morgan fingerprint density at radius 2 is 1.93 bits per heavy atom. The zero-order valence-electron chi connectivity index (χ0n) is 15.8. The molecule has 1 amide bonds. The molecule has 0 aromatic heterocycles. The first-order valence-electron chi connectivity index (χ1n) is 9.21. The fourth-order valence-electron chi connectivity index (χ4n) is 3.21. The molecule has 1 aliphatic heterocycles. The lowest BCUT2D eigenvalue weighted by Crippen LogP contribution is -2.43. The van der Waals surface area contributed by atoms with Crippen LogP contribution in [0.5, 0.6) is 5.75 Å². The molecule has 2 aromatic carbocycles. The van der Waals surface area contributed by atoms with Crippen LogP contribution in [-0.2, 0) is 11.3 Å². The van der Waals surface area contributed by atoms with E-state index in [0.717, 1.165) is 0 Å². The fraction of sp³-hybridized carbons (Fsp3) is 0.350. The maximum absolute atomic E-state index is 12.7. The van der Waals surface area contributed by atoms with Crippen molar-refractivity contribution in [2.24, 2.45) is 0 Å². The number of carbonyl (C=O) groups is 1. The lowest BCUT2D eigenvalue weighted by Gasteiger charge is -2.32. The lowest BCUT2D eigenvalue weighted by atomic mass is 10.1. The van der Waals surface area contributed by atoms with E-state index in [4.69, 9.17) is 4.74 Å². The summed E-state index contributed by atoms with van der Waals surface area (Å²) in [6, 6.07) is 10.9. The fourth-order valence-corrected chi connectivity index (χ4v) is 3.21. The standard InChI is InChI=1S/C20H19F3N2O5/c21-20(22,23)30-17-4-1-3-14(11-17)13-29-18-5-2-10-24(12-18)19(26)15-6-8-16(9-7-15)25(27)28/h1,3-4,6-9,11,18H,2,5,10,12-13H2/t18-/m0/s1. The number of rotatable bonds is 6. The molecule has 1 heterocycles. The Morgan fingerprint density at radius 1 is 1.20 bits per heavy atom. The zero-order valence-corrected chi connectivity index (χ0v) is 15.8. The Labute approximate surface area is 170 Å². The molecule has 2 aromatic rings. The maximum atomic E-state index is 12.7. The number of nitro groups is 1. The van der Waals surface area contributed by atoms with Crippen LogP contribution in [-0.4, -0.2) is 41.3 Å². The molecule has 30 heavy (non-hydrogen) atoms. The van der Waals surface area contributed by atoms with Crippen molar-refractivity contribution in [1.82, 2.24) is 4.90 Å². The smallest absolute Gasteiger partial charge is 0.406 e. The zero-order chi connectivity index (χ0) is 21.7. The number of nitro benzene ring substituents is 1. The molecule has 0 saturated carbocycles. The van der Waals surface area contributed by atoms with Gasteiger partial charge < -0.3 is 14.4 Å². The number of hydrogen-bond donors (Lipinski definition) is 0. The van der Waals surface area contributed by atoms with E-state index in [1.165, 1.54) is 42.5 Å². The van der Waals surface area contributed by atoms with Gasteiger partial charge in [-0.05, 0) is 42.7 Å². The number of benzene rings is 2. The quantitative estimate of drug-likeness (QED) is 0.510. The van der Waals surface area contributed by atoms with Gasteiger partial charge in [0.1, 0.15) is 5.75 Å². The summed E-state index contributed by atoms with van der Waals surface area (Å²) in [5.41, 5.74) is 0.775. The molecule has 0 radical (unpaired) electrons. The highest BCUT2D eigenvalue weighted by atomic mass is 19.4. The number of hydrogen-bond acceptors (Lipinski definition) is 5. The predicted molar refractivity (Wildman–Crippen MR) is 99.9 cm³/mol. The van der Waals surface area contributed by atoms with Gasteiger partial charge in [-0.15, -0.1) is 13.2 Å². The second-order valence-corrected chi connectivity index (χ2v) is 6.83.